The summed E-state index contributed by atoms with van der Waals surface area (Å²) in [5, 5.41) is 5.44. The van der Waals surface area contributed by atoms with Crippen molar-refractivity contribution < 1.29 is 9.59 Å². The van der Waals surface area contributed by atoms with Gasteiger partial charge in [-0.05, 0) is 18.2 Å². The Hall–Kier alpha value is -1.82. The highest BCUT2D eigenvalue weighted by Crippen LogP contribution is 2.31. The quantitative estimate of drug-likeness (QED) is 0.861. The number of hydrogen-bond donors (Lipinski definition) is 2. The third-order valence-electron chi connectivity index (χ3n) is 2.57. The van der Waals surface area contributed by atoms with Crippen molar-refractivity contribution in [1.82, 2.24) is 4.98 Å². The van der Waals surface area contributed by atoms with Crippen LogP contribution >= 0.6 is 34.8 Å². The molecule has 114 valence electrons. The summed E-state index contributed by atoms with van der Waals surface area (Å²) in [6, 6.07) is 6.64. The maximum absolute atomic E-state index is 12.2. The number of hydrogen-bond acceptors (Lipinski definition) is 3. The van der Waals surface area contributed by atoms with Crippen molar-refractivity contribution in [3.63, 3.8) is 0 Å². The average molecular weight is 359 g/mol. The number of halogens is 3. The van der Waals surface area contributed by atoms with Crippen LogP contribution in [0, 0.1) is 0 Å². The largest absolute Gasteiger partial charge is 0.326 e. The Bertz CT molecular complexity index is 750. The van der Waals surface area contributed by atoms with Gasteiger partial charge in [0.1, 0.15) is 5.69 Å². The van der Waals surface area contributed by atoms with Crippen molar-refractivity contribution in [3.8, 4) is 0 Å². The Morgan fingerprint density at radius 3 is 2.32 bits per heavy atom. The molecule has 5 nitrogen and oxygen atoms in total. The maximum atomic E-state index is 12.2. The molecule has 0 radical (unpaired) electrons. The molecule has 0 saturated heterocycles. The minimum absolute atomic E-state index is 0.0234. The smallest absolute Gasteiger partial charge is 0.275 e. The van der Waals surface area contributed by atoms with Crippen molar-refractivity contribution >= 4 is 58.0 Å². The number of rotatable bonds is 3. The van der Waals surface area contributed by atoms with Crippen LogP contribution in [0.25, 0.3) is 0 Å². The van der Waals surface area contributed by atoms with Crippen molar-refractivity contribution in [2.45, 2.75) is 6.92 Å². The summed E-state index contributed by atoms with van der Waals surface area (Å²) in [7, 11) is 0. The molecule has 2 rings (SSSR count). The van der Waals surface area contributed by atoms with E-state index in [1.807, 2.05) is 0 Å². The van der Waals surface area contributed by atoms with Crippen molar-refractivity contribution in [2.75, 3.05) is 10.6 Å². The molecule has 22 heavy (non-hydrogen) atoms. The van der Waals surface area contributed by atoms with Gasteiger partial charge < -0.3 is 10.6 Å². The number of aromatic nitrogens is 1. The number of nitrogens with one attached hydrogen (secondary N) is 2. The van der Waals surface area contributed by atoms with Crippen molar-refractivity contribution in [2.24, 2.45) is 0 Å². The van der Waals surface area contributed by atoms with Gasteiger partial charge in [-0.3, -0.25) is 9.59 Å². The minimum Gasteiger partial charge on any atom is -0.326 e. The van der Waals surface area contributed by atoms with Crippen LogP contribution in [0.4, 0.5) is 11.4 Å². The highest BCUT2D eigenvalue weighted by atomic mass is 35.5. The molecule has 0 unspecified atom stereocenters. The standard InChI is InChI=1S/C14H10Cl3N3O2/c1-7(21)19-8-3-2-4-9(5-8)20-14(22)13-12(17)11(16)10(15)6-18-13/h2-6H,1H3,(H,19,21)(H,20,22). The van der Waals surface area contributed by atoms with Crippen LogP contribution in [0.1, 0.15) is 17.4 Å². The van der Waals surface area contributed by atoms with Gasteiger partial charge in [0.2, 0.25) is 5.91 Å². The van der Waals surface area contributed by atoms with Gasteiger partial charge >= 0.3 is 0 Å². The van der Waals surface area contributed by atoms with E-state index in [4.69, 9.17) is 34.8 Å². The van der Waals surface area contributed by atoms with Gasteiger partial charge in [0.05, 0.1) is 15.1 Å². The summed E-state index contributed by atoms with van der Waals surface area (Å²) in [6.07, 6.45) is 1.25. The summed E-state index contributed by atoms with van der Waals surface area (Å²) >= 11 is 17.6. The number of anilines is 2. The molecule has 0 spiro atoms. The number of nitrogens with zero attached hydrogens (tertiary/aromatic N) is 1. The molecule has 0 aliphatic heterocycles. The highest BCUT2D eigenvalue weighted by Gasteiger charge is 2.17. The van der Waals surface area contributed by atoms with E-state index in [-0.39, 0.29) is 26.7 Å². The zero-order chi connectivity index (χ0) is 16.3. The number of benzene rings is 1. The van der Waals surface area contributed by atoms with E-state index in [9.17, 15) is 9.59 Å². The molecule has 2 amide bonds. The predicted molar refractivity (Wildman–Crippen MR) is 88.0 cm³/mol. The highest BCUT2D eigenvalue weighted by molar-refractivity contribution is 6.49. The molecule has 0 atom stereocenters. The van der Waals surface area contributed by atoms with Crippen LogP contribution in [0.3, 0.4) is 0 Å². The van der Waals surface area contributed by atoms with Crippen LogP contribution in [0.15, 0.2) is 30.5 Å². The minimum atomic E-state index is -0.538. The van der Waals surface area contributed by atoms with Gasteiger partial charge in [-0.25, -0.2) is 4.98 Å². The molecular weight excluding hydrogens is 349 g/mol. The van der Waals surface area contributed by atoms with Gasteiger partial charge in [-0.2, -0.15) is 0 Å². The number of carbonyl (C=O) groups excluding carboxylic acids is 2. The molecule has 0 aliphatic rings. The first-order valence-electron chi connectivity index (χ1n) is 6.07. The first-order chi connectivity index (χ1) is 10.4. The lowest BCUT2D eigenvalue weighted by Gasteiger charge is -2.09. The number of pyridine rings is 1. The van der Waals surface area contributed by atoms with E-state index in [1.165, 1.54) is 13.1 Å². The van der Waals surface area contributed by atoms with E-state index in [0.717, 1.165) is 0 Å². The zero-order valence-electron chi connectivity index (χ0n) is 11.3. The molecule has 1 aromatic carbocycles. The van der Waals surface area contributed by atoms with Gasteiger partial charge in [-0.15, -0.1) is 0 Å². The topological polar surface area (TPSA) is 71.1 Å². The fourth-order valence-corrected chi connectivity index (χ4v) is 2.24. The summed E-state index contributed by atoms with van der Waals surface area (Å²) in [6.45, 7) is 1.39. The Balaban J connectivity index is 2.22. The predicted octanol–water partition coefficient (Wildman–Crippen LogP) is 4.25. The molecule has 1 heterocycles. The molecule has 0 bridgehead atoms. The lowest BCUT2D eigenvalue weighted by molar-refractivity contribution is -0.114. The Kier molecular flexibility index (Phi) is 5.24. The Morgan fingerprint density at radius 2 is 1.68 bits per heavy atom. The molecule has 0 fully saturated rings. The molecule has 2 N–H and O–H groups in total. The van der Waals surface area contributed by atoms with Gasteiger partial charge in [0, 0.05) is 24.5 Å². The van der Waals surface area contributed by atoms with E-state index in [2.05, 4.69) is 15.6 Å². The normalized spacial score (nSPS) is 10.2. The molecule has 1 aromatic heterocycles. The van der Waals surface area contributed by atoms with Gasteiger partial charge in [0.15, 0.2) is 0 Å². The fourth-order valence-electron chi connectivity index (χ4n) is 1.67. The van der Waals surface area contributed by atoms with Gasteiger partial charge in [-0.1, -0.05) is 40.9 Å². The van der Waals surface area contributed by atoms with Crippen LogP contribution < -0.4 is 10.6 Å². The zero-order valence-corrected chi connectivity index (χ0v) is 13.6. The monoisotopic (exact) mass is 357 g/mol. The van der Waals surface area contributed by atoms with Crippen LogP contribution in [0.5, 0.6) is 0 Å². The lowest BCUT2D eigenvalue weighted by Crippen LogP contribution is -2.15. The molecule has 0 aliphatic carbocycles. The summed E-state index contributed by atoms with van der Waals surface area (Å²) in [4.78, 5) is 27.1. The van der Waals surface area contributed by atoms with E-state index in [1.54, 1.807) is 24.3 Å². The Morgan fingerprint density at radius 1 is 1.05 bits per heavy atom. The van der Waals surface area contributed by atoms with E-state index < -0.39 is 5.91 Å². The fraction of sp³-hybridized carbons (Fsp3) is 0.0714. The summed E-state index contributed by atoms with van der Waals surface area (Å²) in [5.74, 6) is -0.749. The third-order valence-corrected chi connectivity index (χ3v) is 3.81. The molecular formula is C14H10Cl3N3O2. The van der Waals surface area contributed by atoms with Crippen LogP contribution in [-0.4, -0.2) is 16.8 Å². The lowest BCUT2D eigenvalue weighted by atomic mass is 10.2. The molecule has 8 heteroatoms. The first kappa shape index (κ1) is 16.5. The number of amides is 2. The average Bonchev–Trinajstić information content (AvgIpc) is 2.44. The van der Waals surface area contributed by atoms with E-state index >= 15 is 0 Å². The first-order valence-corrected chi connectivity index (χ1v) is 7.20. The molecule has 0 saturated carbocycles. The third kappa shape index (κ3) is 3.88. The van der Waals surface area contributed by atoms with E-state index in [0.29, 0.717) is 11.4 Å². The van der Waals surface area contributed by atoms with Crippen LogP contribution in [0.2, 0.25) is 15.1 Å². The van der Waals surface area contributed by atoms with Crippen LogP contribution in [-0.2, 0) is 4.79 Å². The number of carbonyl (C=O) groups is 2. The van der Waals surface area contributed by atoms with Crippen molar-refractivity contribution in [3.05, 3.63) is 51.2 Å². The SMILES string of the molecule is CC(=O)Nc1cccc(NC(=O)c2ncc(Cl)c(Cl)c2Cl)c1. The summed E-state index contributed by atoms with van der Waals surface area (Å²) < 4.78 is 0. The maximum Gasteiger partial charge on any atom is 0.275 e. The second-order valence-electron chi connectivity index (χ2n) is 4.30. The Labute approximate surface area is 141 Å². The second-order valence-corrected chi connectivity index (χ2v) is 5.46. The second kappa shape index (κ2) is 6.96. The van der Waals surface area contributed by atoms with Crippen molar-refractivity contribution in [1.29, 1.82) is 0 Å². The molecule has 2 aromatic rings. The van der Waals surface area contributed by atoms with Gasteiger partial charge in [0.25, 0.3) is 5.91 Å². The summed E-state index contributed by atoms with van der Waals surface area (Å²) in [5.41, 5.74) is 0.986.